The van der Waals surface area contributed by atoms with E-state index in [1.54, 1.807) is 0 Å². The molecule has 1 N–H and O–H groups in total. The van der Waals surface area contributed by atoms with Crippen LogP contribution in [0.1, 0.15) is 15.9 Å². The van der Waals surface area contributed by atoms with Gasteiger partial charge >= 0.3 is 12.1 Å². The molecule has 0 bridgehead atoms. The molecule has 0 unspecified atom stereocenters. The highest BCUT2D eigenvalue weighted by molar-refractivity contribution is 5.89. The molecule has 8 heteroatoms. The van der Waals surface area contributed by atoms with E-state index in [0.29, 0.717) is 5.56 Å². The average Bonchev–Trinajstić information content (AvgIpc) is 2.61. The molecular formula is C19H11F4NO3. The fraction of sp³-hybridized carbons (Fsp3) is 0.0526. The molecule has 0 amide bonds. The van der Waals surface area contributed by atoms with Gasteiger partial charge in [-0.3, -0.25) is 0 Å². The first kappa shape index (κ1) is 18.4. The molecule has 0 aliphatic carbocycles. The van der Waals surface area contributed by atoms with Gasteiger partial charge in [-0.05, 0) is 48.0 Å². The SMILES string of the molecule is O=C(O)c1cnc(Oc2ccc(C(F)(F)F)cc2)c(-c2cccc(F)c2)c1. The molecular weight excluding hydrogens is 366 g/mol. The minimum absolute atomic E-state index is 0.0645. The number of nitrogens with zero attached hydrogens (tertiary/aromatic N) is 1. The second-order valence-electron chi connectivity index (χ2n) is 5.52. The van der Waals surface area contributed by atoms with Gasteiger partial charge < -0.3 is 9.84 Å². The van der Waals surface area contributed by atoms with E-state index in [1.807, 2.05) is 0 Å². The summed E-state index contributed by atoms with van der Waals surface area (Å²) in [4.78, 5) is 15.1. The molecule has 3 aromatic rings. The summed E-state index contributed by atoms with van der Waals surface area (Å²) >= 11 is 0. The van der Waals surface area contributed by atoms with Crippen molar-refractivity contribution in [2.75, 3.05) is 0 Å². The van der Waals surface area contributed by atoms with Gasteiger partial charge in [-0.25, -0.2) is 14.2 Å². The predicted octanol–water partition coefficient (Wildman–Crippen LogP) is 5.40. The molecule has 0 spiro atoms. The summed E-state index contributed by atoms with van der Waals surface area (Å²) in [5, 5.41) is 9.14. The van der Waals surface area contributed by atoms with Crippen LogP contribution in [0.4, 0.5) is 17.6 Å². The number of benzene rings is 2. The zero-order valence-electron chi connectivity index (χ0n) is 13.5. The Morgan fingerprint density at radius 1 is 1.04 bits per heavy atom. The Balaban J connectivity index is 2.01. The molecule has 27 heavy (non-hydrogen) atoms. The second kappa shape index (κ2) is 7.06. The van der Waals surface area contributed by atoms with Crippen molar-refractivity contribution in [2.45, 2.75) is 6.18 Å². The van der Waals surface area contributed by atoms with Crippen molar-refractivity contribution >= 4 is 5.97 Å². The summed E-state index contributed by atoms with van der Waals surface area (Å²) in [6.45, 7) is 0. The number of pyridine rings is 1. The number of aromatic nitrogens is 1. The maximum atomic E-state index is 13.5. The van der Waals surface area contributed by atoms with Gasteiger partial charge in [-0.1, -0.05) is 12.1 Å². The third-order valence-corrected chi connectivity index (χ3v) is 3.63. The summed E-state index contributed by atoms with van der Waals surface area (Å²) < 4.78 is 57.0. The lowest BCUT2D eigenvalue weighted by Crippen LogP contribution is -2.04. The minimum atomic E-state index is -4.48. The van der Waals surface area contributed by atoms with Gasteiger partial charge in [0.1, 0.15) is 11.6 Å². The van der Waals surface area contributed by atoms with E-state index in [9.17, 15) is 22.4 Å². The van der Waals surface area contributed by atoms with E-state index in [2.05, 4.69) is 4.98 Å². The van der Waals surface area contributed by atoms with Gasteiger partial charge in [0.2, 0.25) is 5.88 Å². The molecule has 138 valence electrons. The van der Waals surface area contributed by atoms with Crippen molar-refractivity contribution in [1.82, 2.24) is 4.98 Å². The lowest BCUT2D eigenvalue weighted by molar-refractivity contribution is -0.137. The average molecular weight is 377 g/mol. The van der Waals surface area contributed by atoms with Crippen LogP contribution in [0, 0.1) is 5.82 Å². The third kappa shape index (κ3) is 4.22. The quantitative estimate of drug-likeness (QED) is 0.619. The number of alkyl halides is 3. The molecule has 0 saturated carbocycles. The lowest BCUT2D eigenvalue weighted by atomic mass is 10.1. The number of carboxylic acid groups (broad SMARTS) is 1. The first-order chi connectivity index (χ1) is 12.7. The van der Waals surface area contributed by atoms with E-state index in [4.69, 9.17) is 9.84 Å². The number of aromatic carboxylic acids is 1. The van der Waals surface area contributed by atoms with E-state index >= 15 is 0 Å². The fourth-order valence-corrected chi connectivity index (χ4v) is 2.34. The van der Waals surface area contributed by atoms with Crippen molar-refractivity contribution in [3.63, 3.8) is 0 Å². The minimum Gasteiger partial charge on any atom is -0.478 e. The number of carbonyl (C=O) groups is 1. The Bertz CT molecular complexity index is 985. The van der Waals surface area contributed by atoms with Crippen LogP contribution in [0.5, 0.6) is 11.6 Å². The Morgan fingerprint density at radius 3 is 2.33 bits per heavy atom. The molecule has 1 heterocycles. The summed E-state index contributed by atoms with van der Waals surface area (Å²) in [5.41, 5.74) is -0.481. The van der Waals surface area contributed by atoms with Gasteiger partial charge in [0, 0.05) is 11.8 Å². The maximum absolute atomic E-state index is 13.5. The van der Waals surface area contributed by atoms with Crippen LogP contribution in [0.15, 0.2) is 60.8 Å². The van der Waals surface area contributed by atoms with Crippen LogP contribution in [-0.2, 0) is 6.18 Å². The molecule has 0 aliphatic rings. The zero-order valence-corrected chi connectivity index (χ0v) is 13.5. The molecule has 3 rings (SSSR count). The van der Waals surface area contributed by atoms with Crippen molar-refractivity contribution in [1.29, 1.82) is 0 Å². The number of rotatable bonds is 4. The largest absolute Gasteiger partial charge is 0.478 e. The molecule has 0 radical (unpaired) electrons. The molecule has 0 saturated heterocycles. The molecule has 4 nitrogen and oxygen atoms in total. The van der Waals surface area contributed by atoms with Crippen LogP contribution in [0.2, 0.25) is 0 Å². The first-order valence-corrected chi connectivity index (χ1v) is 7.58. The van der Waals surface area contributed by atoms with E-state index in [1.165, 1.54) is 30.3 Å². The van der Waals surface area contributed by atoms with Crippen molar-refractivity contribution in [3.8, 4) is 22.8 Å². The normalized spacial score (nSPS) is 11.3. The first-order valence-electron chi connectivity index (χ1n) is 7.58. The standard InChI is InChI=1S/C19H11F4NO3/c20-14-3-1-2-11(8-14)16-9-12(18(25)26)10-24-17(16)27-15-6-4-13(5-7-15)19(21,22)23/h1-10H,(H,25,26). The van der Waals surface area contributed by atoms with Crippen LogP contribution >= 0.6 is 0 Å². The third-order valence-electron chi connectivity index (χ3n) is 3.63. The topological polar surface area (TPSA) is 59.4 Å². The van der Waals surface area contributed by atoms with E-state index in [0.717, 1.165) is 30.5 Å². The zero-order chi connectivity index (χ0) is 19.6. The molecule has 2 aromatic carbocycles. The van der Waals surface area contributed by atoms with Gasteiger partial charge in [0.25, 0.3) is 0 Å². The van der Waals surface area contributed by atoms with E-state index in [-0.39, 0.29) is 22.8 Å². The summed E-state index contributed by atoms with van der Waals surface area (Å²) in [6, 6.07) is 10.5. The van der Waals surface area contributed by atoms with Crippen molar-refractivity contribution in [2.24, 2.45) is 0 Å². The maximum Gasteiger partial charge on any atom is 0.416 e. The smallest absolute Gasteiger partial charge is 0.416 e. The van der Waals surface area contributed by atoms with E-state index < -0.39 is 23.5 Å². The monoisotopic (exact) mass is 377 g/mol. The second-order valence-corrected chi connectivity index (χ2v) is 5.52. The number of carboxylic acids is 1. The lowest BCUT2D eigenvalue weighted by Gasteiger charge is -2.12. The Kier molecular flexibility index (Phi) is 4.81. The highest BCUT2D eigenvalue weighted by atomic mass is 19.4. The van der Waals surface area contributed by atoms with Crippen LogP contribution in [0.25, 0.3) is 11.1 Å². The van der Waals surface area contributed by atoms with Crippen LogP contribution in [-0.4, -0.2) is 16.1 Å². The predicted molar refractivity (Wildman–Crippen MR) is 88.1 cm³/mol. The Labute approximate surface area is 150 Å². The Hall–Kier alpha value is -3.42. The van der Waals surface area contributed by atoms with Crippen molar-refractivity contribution < 1.29 is 32.2 Å². The van der Waals surface area contributed by atoms with Crippen LogP contribution in [0.3, 0.4) is 0 Å². The fourth-order valence-electron chi connectivity index (χ4n) is 2.34. The summed E-state index contributed by atoms with van der Waals surface area (Å²) in [7, 11) is 0. The number of hydrogen-bond donors (Lipinski definition) is 1. The van der Waals surface area contributed by atoms with Crippen molar-refractivity contribution in [3.05, 3.63) is 77.7 Å². The highest BCUT2D eigenvalue weighted by Crippen LogP contribution is 2.34. The summed E-state index contributed by atoms with van der Waals surface area (Å²) in [6.07, 6.45) is -3.43. The van der Waals surface area contributed by atoms with Gasteiger partial charge in [0.05, 0.1) is 11.1 Å². The number of hydrogen-bond acceptors (Lipinski definition) is 3. The molecule has 0 aliphatic heterocycles. The van der Waals surface area contributed by atoms with Gasteiger partial charge in [0.15, 0.2) is 0 Å². The number of halogens is 4. The number of ether oxygens (including phenoxy) is 1. The summed E-state index contributed by atoms with van der Waals surface area (Å²) in [5.74, 6) is -1.78. The van der Waals surface area contributed by atoms with Gasteiger partial charge in [-0.15, -0.1) is 0 Å². The van der Waals surface area contributed by atoms with Gasteiger partial charge in [-0.2, -0.15) is 13.2 Å². The highest BCUT2D eigenvalue weighted by Gasteiger charge is 2.30. The molecule has 0 atom stereocenters. The Morgan fingerprint density at radius 2 is 1.74 bits per heavy atom. The molecule has 0 fully saturated rings. The molecule has 1 aromatic heterocycles. The van der Waals surface area contributed by atoms with Crippen LogP contribution < -0.4 is 4.74 Å².